The number of hydrogen-bond donors (Lipinski definition) is 1. The van der Waals surface area contributed by atoms with E-state index in [1.165, 1.54) is 6.92 Å². The lowest BCUT2D eigenvalue weighted by Crippen LogP contribution is -2.49. The molecular formula is C26H37NO5Si. The summed E-state index contributed by atoms with van der Waals surface area (Å²) in [5, 5.41) is 11.0. The highest BCUT2D eigenvalue weighted by atomic mass is 28.4. The van der Waals surface area contributed by atoms with Crippen molar-refractivity contribution in [3.05, 3.63) is 47.7 Å². The third-order valence-electron chi connectivity index (χ3n) is 6.70. The molecule has 0 radical (unpaired) electrons. The normalized spacial score (nSPS) is 16.4. The summed E-state index contributed by atoms with van der Waals surface area (Å²) in [4.78, 5) is 28.2. The van der Waals surface area contributed by atoms with Crippen molar-refractivity contribution in [1.29, 1.82) is 0 Å². The molecule has 6 nitrogen and oxygen atoms in total. The van der Waals surface area contributed by atoms with E-state index in [-0.39, 0.29) is 11.0 Å². The third kappa shape index (κ3) is 6.30. The lowest BCUT2D eigenvalue weighted by molar-refractivity contribution is -0.149. The highest BCUT2D eigenvalue weighted by molar-refractivity contribution is 6.74. The molecule has 1 heterocycles. The number of carboxylic acid groups (broad SMARTS) is 1. The number of hydrogen-bond acceptors (Lipinski definition) is 5. The van der Waals surface area contributed by atoms with Crippen LogP contribution < -0.4 is 0 Å². The maximum Gasteiger partial charge on any atom is 0.315 e. The molecule has 0 fully saturated rings. The molecule has 1 N–H and O–H groups in total. The Hall–Kier alpha value is -2.51. The quantitative estimate of drug-likeness (QED) is 0.355. The van der Waals surface area contributed by atoms with Gasteiger partial charge in [-0.3, -0.25) is 9.59 Å². The SMILES string of the molecule is CC(=O)OC(C)c1ccc2ccc(C=CC(C)(C(=O)O)C(C)O[Si](C)(C)C(C)(C)C)cc2n1. The van der Waals surface area contributed by atoms with Crippen LogP contribution in [0.4, 0.5) is 0 Å². The number of carbonyl (C=O) groups is 2. The first kappa shape index (κ1) is 26.7. The number of benzene rings is 1. The molecule has 0 saturated heterocycles. The molecule has 2 aromatic rings. The fourth-order valence-corrected chi connectivity index (χ4v) is 4.66. The fraction of sp³-hybridized carbons (Fsp3) is 0.500. The second-order valence-corrected chi connectivity index (χ2v) is 15.1. The van der Waals surface area contributed by atoms with E-state index in [0.717, 1.165) is 16.5 Å². The lowest BCUT2D eigenvalue weighted by atomic mass is 9.84. The van der Waals surface area contributed by atoms with Gasteiger partial charge in [0.15, 0.2) is 8.32 Å². The monoisotopic (exact) mass is 471 g/mol. The second kappa shape index (κ2) is 9.77. The lowest BCUT2D eigenvalue weighted by Gasteiger charge is -2.42. The Morgan fingerprint density at radius 2 is 1.70 bits per heavy atom. The summed E-state index contributed by atoms with van der Waals surface area (Å²) in [7, 11) is -2.14. The molecule has 0 aliphatic carbocycles. The number of rotatable bonds is 8. The van der Waals surface area contributed by atoms with Crippen LogP contribution in [0, 0.1) is 5.41 Å². The van der Waals surface area contributed by atoms with E-state index in [1.807, 2.05) is 43.3 Å². The van der Waals surface area contributed by atoms with Gasteiger partial charge in [-0.05, 0) is 56.6 Å². The van der Waals surface area contributed by atoms with E-state index in [0.29, 0.717) is 5.69 Å². The number of fused-ring (bicyclic) bond motifs is 1. The Morgan fingerprint density at radius 1 is 1.09 bits per heavy atom. The molecule has 3 unspecified atom stereocenters. The number of nitrogens with zero attached hydrogens (tertiary/aromatic N) is 1. The molecule has 0 saturated carbocycles. The van der Waals surface area contributed by atoms with Gasteiger partial charge in [0.1, 0.15) is 11.5 Å². The zero-order valence-electron chi connectivity index (χ0n) is 21.2. The second-order valence-electron chi connectivity index (χ2n) is 10.4. The van der Waals surface area contributed by atoms with Gasteiger partial charge in [0.05, 0.1) is 17.3 Å². The van der Waals surface area contributed by atoms with Crippen molar-refractivity contribution in [2.24, 2.45) is 5.41 Å². The molecule has 7 heteroatoms. The Morgan fingerprint density at radius 3 is 2.24 bits per heavy atom. The van der Waals surface area contributed by atoms with Gasteiger partial charge < -0.3 is 14.3 Å². The number of carbonyl (C=O) groups excluding carboxylic acids is 1. The minimum atomic E-state index is -2.14. The van der Waals surface area contributed by atoms with E-state index in [4.69, 9.17) is 9.16 Å². The van der Waals surface area contributed by atoms with Gasteiger partial charge in [-0.25, -0.2) is 4.98 Å². The van der Waals surface area contributed by atoms with Crippen LogP contribution in [0.1, 0.15) is 65.8 Å². The van der Waals surface area contributed by atoms with Crippen LogP contribution in [-0.4, -0.2) is 36.5 Å². The fourth-order valence-electron chi connectivity index (χ4n) is 3.18. The van der Waals surface area contributed by atoms with Gasteiger partial charge in [0.25, 0.3) is 0 Å². The molecule has 0 bridgehead atoms. The first-order valence-corrected chi connectivity index (χ1v) is 14.2. The summed E-state index contributed by atoms with van der Waals surface area (Å²) >= 11 is 0. The maximum atomic E-state index is 12.3. The predicted octanol–water partition coefficient (Wildman–Crippen LogP) is 6.37. The number of ether oxygens (including phenoxy) is 1. The van der Waals surface area contributed by atoms with Crippen LogP contribution in [0.25, 0.3) is 17.0 Å². The summed E-state index contributed by atoms with van der Waals surface area (Å²) in [6.07, 6.45) is 2.57. The van der Waals surface area contributed by atoms with Crippen molar-refractivity contribution in [2.45, 2.75) is 78.8 Å². The molecular weight excluding hydrogens is 434 g/mol. The van der Waals surface area contributed by atoms with Crippen LogP contribution in [0.15, 0.2) is 36.4 Å². The van der Waals surface area contributed by atoms with Crippen LogP contribution >= 0.6 is 0 Å². The van der Waals surface area contributed by atoms with Crippen LogP contribution in [0.5, 0.6) is 0 Å². The molecule has 1 aromatic carbocycles. The summed E-state index contributed by atoms with van der Waals surface area (Å²) < 4.78 is 11.6. The standard InChI is InChI=1S/C26H37NO5Si/c1-17(31-19(3)28)22-13-12-21-11-10-20(16-23(21)27-22)14-15-26(7,24(29)30)18(2)32-33(8,9)25(4,5)6/h10-18H,1-9H3,(H,29,30). The molecule has 0 aliphatic heterocycles. The minimum absolute atomic E-state index is 0.0185. The van der Waals surface area contributed by atoms with Gasteiger partial charge in [0, 0.05) is 12.3 Å². The summed E-state index contributed by atoms with van der Waals surface area (Å²) in [6, 6.07) is 9.54. The number of esters is 1. The van der Waals surface area contributed by atoms with Gasteiger partial charge >= 0.3 is 11.9 Å². The highest BCUT2D eigenvalue weighted by Crippen LogP contribution is 2.40. The van der Waals surface area contributed by atoms with E-state index >= 15 is 0 Å². The Balaban J connectivity index is 2.35. The Bertz CT molecular complexity index is 1060. The average molecular weight is 472 g/mol. The number of aromatic nitrogens is 1. The largest absolute Gasteiger partial charge is 0.481 e. The first-order chi connectivity index (χ1) is 15.1. The van der Waals surface area contributed by atoms with Crippen molar-refractivity contribution in [3.63, 3.8) is 0 Å². The zero-order chi connectivity index (χ0) is 25.2. The van der Waals surface area contributed by atoms with Crippen molar-refractivity contribution in [2.75, 3.05) is 0 Å². The van der Waals surface area contributed by atoms with E-state index < -0.39 is 31.9 Å². The van der Waals surface area contributed by atoms with Crippen LogP contribution in [-0.2, 0) is 18.8 Å². The van der Waals surface area contributed by atoms with Crippen LogP contribution in [0.3, 0.4) is 0 Å². The molecule has 33 heavy (non-hydrogen) atoms. The predicted molar refractivity (Wildman–Crippen MR) is 134 cm³/mol. The average Bonchev–Trinajstić information content (AvgIpc) is 2.69. The molecule has 3 atom stereocenters. The van der Waals surface area contributed by atoms with E-state index in [9.17, 15) is 14.7 Å². The van der Waals surface area contributed by atoms with E-state index in [2.05, 4.69) is 38.8 Å². The molecule has 2 rings (SSSR count). The molecule has 1 aromatic heterocycles. The summed E-state index contributed by atoms with van der Waals surface area (Å²) in [6.45, 7) is 17.3. The van der Waals surface area contributed by atoms with Crippen molar-refractivity contribution < 1.29 is 23.9 Å². The van der Waals surface area contributed by atoms with Crippen molar-refractivity contribution in [1.82, 2.24) is 4.98 Å². The smallest absolute Gasteiger partial charge is 0.315 e. The third-order valence-corrected chi connectivity index (χ3v) is 11.3. The number of carboxylic acids is 1. The van der Waals surface area contributed by atoms with Crippen LogP contribution in [0.2, 0.25) is 18.1 Å². The van der Waals surface area contributed by atoms with Gasteiger partial charge in [0.2, 0.25) is 0 Å². The van der Waals surface area contributed by atoms with E-state index in [1.54, 1.807) is 19.9 Å². The molecule has 0 spiro atoms. The maximum absolute atomic E-state index is 12.3. The minimum Gasteiger partial charge on any atom is -0.481 e. The van der Waals surface area contributed by atoms with Gasteiger partial charge in [-0.1, -0.05) is 51.1 Å². The molecule has 0 amide bonds. The zero-order valence-corrected chi connectivity index (χ0v) is 22.2. The number of aliphatic carboxylic acids is 1. The number of pyridine rings is 1. The highest BCUT2D eigenvalue weighted by Gasteiger charge is 2.44. The molecule has 0 aliphatic rings. The summed E-state index contributed by atoms with van der Waals surface area (Å²) in [5.74, 6) is -1.29. The van der Waals surface area contributed by atoms with Crippen molar-refractivity contribution >= 4 is 37.2 Å². The first-order valence-electron chi connectivity index (χ1n) is 11.3. The Labute approximate surface area is 198 Å². The van der Waals surface area contributed by atoms with Gasteiger partial charge in [-0.15, -0.1) is 0 Å². The van der Waals surface area contributed by atoms with Gasteiger partial charge in [-0.2, -0.15) is 0 Å². The topological polar surface area (TPSA) is 85.7 Å². The Kier molecular flexibility index (Phi) is 7.92. The van der Waals surface area contributed by atoms with Crippen molar-refractivity contribution in [3.8, 4) is 0 Å². The summed E-state index contributed by atoms with van der Waals surface area (Å²) in [5.41, 5.74) is 1.05. The molecule has 180 valence electrons.